The van der Waals surface area contributed by atoms with Crippen molar-refractivity contribution in [1.29, 1.82) is 0 Å². The van der Waals surface area contributed by atoms with Gasteiger partial charge in [0.05, 0.1) is 0 Å². The molecular weight excluding hydrogens is 309 g/mol. The summed E-state index contributed by atoms with van der Waals surface area (Å²) in [7, 11) is 0. The summed E-state index contributed by atoms with van der Waals surface area (Å²) in [5.41, 5.74) is 1.02. The first-order valence-electron chi connectivity index (χ1n) is 6.23. The van der Waals surface area contributed by atoms with Gasteiger partial charge in [0.2, 0.25) is 0 Å². The SMILES string of the molecule is Fc1ccc(CNc2cc(Br)nc(C3CC3)n2)cc1. The van der Waals surface area contributed by atoms with Crippen LogP contribution in [0.2, 0.25) is 0 Å². The molecule has 0 spiro atoms. The Kier molecular flexibility index (Phi) is 3.46. The number of benzene rings is 1. The zero-order chi connectivity index (χ0) is 13.2. The van der Waals surface area contributed by atoms with Crippen molar-refractivity contribution >= 4 is 21.7 Å². The summed E-state index contributed by atoms with van der Waals surface area (Å²) >= 11 is 3.40. The highest BCUT2D eigenvalue weighted by Crippen LogP contribution is 2.38. The Morgan fingerprint density at radius 3 is 2.63 bits per heavy atom. The summed E-state index contributed by atoms with van der Waals surface area (Å²) in [6.07, 6.45) is 2.35. The van der Waals surface area contributed by atoms with E-state index in [4.69, 9.17) is 0 Å². The fraction of sp³-hybridized carbons (Fsp3) is 0.286. The number of nitrogens with one attached hydrogen (secondary N) is 1. The van der Waals surface area contributed by atoms with Gasteiger partial charge >= 0.3 is 0 Å². The number of hydrogen-bond acceptors (Lipinski definition) is 3. The highest BCUT2D eigenvalue weighted by atomic mass is 79.9. The molecule has 1 aliphatic rings. The van der Waals surface area contributed by atoms with E-state index in [1.54, 1.807) is 12.1 Å². The summed E-state index contributed by atoms with van der Waals surface area (Å²) < 4.78 is 13.6. The molecule has 1 N–H and O–H groups in total. The predicted octanol–water partition coefficient (Wildman–Crippen LogP) is 3.87. The van der Waals surface area contributed by atoms with Gasteiger partial charge in [-0.25, -0.2) is 14.4 Å². The lowest BCUT2D eigenvalue weighted by Gasteiger charge is -2.08. The molecule has 1 aliphatic carbocycles. The lowest BCUT2D eigenvalue weighted by atomic mass is 10.2. The van der Waals surface area contributed by atoms with E-state index in [9.17, 15) is 4.39 Å². The van der Waals surface area contributed by atoms with Gasteiger partial charge in [-0.2, -0.15) is 0 Å². The highest BCUT2D eigenvalue weighted by Gasteiger charge is 2.27. The van der Waals surface area contributed by atoms with Crippen molar-refractivity contribution in [1.82, 2.24) is 9.97 Å². The fourth-order valence-corrected chi connectivity index (χ4v) is 2.24. The van der Waals surface area contributed by atoms with E-state index in [0.717, 1.165) is 21.8 Å². The van der Waals surface area contributed by atoms with Crippen LogP contribution >= 0.6 is 15.9 Å². The van der Waals surface area contributed by atoms with Crippen molar-refractivity contribution < 1.29 is 4.39 Å². The van der Waals surface area contributed by atoms with Gasteiger partial charge in [-0.05, 0) is 46.5 Å². The normalized spacial score (nSPS) is 14.4. The largest absolute Gasteiger partial charge is 0.366 e. The summed E-state index contributed by atoms with van der Waals surface area (Å²) in [6.45, 7) is 0.619. The van der Waals surface area contributed by atoms with Crippen LogP contribution in [-0.4, -0.2) is 9.97 Å². The molecule has 0 atom stereocenters. The smallest absolute Gasteiger partial charge is 0.135 e. The Labute approximate surface area is 119 Å². The van der Waals surface area contributed by atoms with E-state index in [1.165, 1.54) is 25.0 Å². The molecule has 0 radical (unpaired) electrons. The van der Waals surface area contributed by atoms with Crippen LogP contribution in [0.5, 0.6) is 0 Å². The number of halogens is 2. The molecule has 5 heteroatoms. The van der Waals surface area contributed by atoms with Gasteiger partial charge in [0.1, 0.15) is 22.1 Å². The number of hydrogen-bond donors (Lipinski definition) is 1. The van der Waals surface area contributed by atoms with E-state index >= 15 is 0 Å². The molecule has 0 saturated heterocycles. The molecular formula is C14H13BrFN3. The van der Waals surface area contributed by atoms with E-state index < -0.39 is 0 Å². The van der Waals surface area contributed by atoms with Crippen molar-refractivity contribution in [3.63, 3.8) is 0 Å². The van der Waals surface area contributed by atoms with Crippen molar-refractivity contribution in [2.75, 3.05) is 5.32 Å². The van der Waals surface area contributed by atoms with Crippen LogP contribution in [0.25, 0.3) is 0 Å². The second-order valence-electron chi connectivity index (χ2n) is 4.69. The van der Waals surface area contributed by atoms with E-state index in [-0.39, 0.29) is 5.82 Å². The molecule has 1 saturated carbocycles. The number of anilines is 1. The molecule has 1 aromatic heterocycles. The summed E-state index contributed by atoms with van der Waals surface area (Å²) in [5.74, 6) is 2.00. The molecule has 1 aromatic carbocycles. The Balaban J connectivity index is 1.70. The molecule has 1 fully saturated rings. The number of nitrogens with zero attached hydrogens (tertiary/aromatic N) is 2. The molecule has 1 heterocycles. The topological polar surface area (TPSA) is 37.8 Å². The maximum Gasteiger partial charge on any atom is 0.135 e. The molecule has 0 aliphatic heterocycles. The first-order valence-corrected chi connectivity index (χ1v) is 7.03. The molecule has 0 amide bonds. The van der Waals surface area contributed by atoms with Gasteiger partial charge in [0.15, 0.2) is 0 Å². The maximum absolute atomic E-state index is 12.8. The van der Waals surface area contributed by atoms with E-state index in [2.05, 4.69) is 31.2 Å². The van der Waals surface area contributed by atoms with E-state index in [1.807, 2.05) is 6.07 Å². The van der Waals surface area contributed by atoms with Gasteiger partial charge in [-0.3, -0.25) is 0 Å². The third-order valence-electron chi connectivity index (χ3n) is 3.04. The molecule has 98 valence electrons. The monoisotopic (exact) mass is 321 g/mol. The second kappa shape index (κ2) is 5.25. The van der Waals surface area contributed by atoms with Crippen LogP contribution in [0.15, 0.2) is 34.9 Å². The summed E-state index contributed by atoms with van der Waals surface area (Å²) in [5, 5.41) is 3.24. The molecule has 0 unspecified atom stereocenters. The molecule has 0 bridgehead atoms. The van der Waals surface area contributed by atoms with Crippen molar-refractivity contribution in [2.45, 2.75) is 25.3 Å². The minimum atomic E-state index is -0.218. The summed E-state index contributed by atoms with van der Waals surface area (Å²) in [6, 6.07) is 8.31. The van der Waals surface area contributed by atoms with Gasteiger partial charge in [0.25, 0.3) is 0 Å². The van der Waals surface area contributed by atoms with Crippen LogP contribution < -0.4 is 5.32 Å². The van der Waals surface area contributed by atoms with Crippen LogP contribution in [-0.2, 0) is 6.54 Å². The Morgan fingerprint density at radius 2 is 1.95 bits per heavy atom. The number of rotatable bonds is 4. The van der Waals surface area contributed by atoms with Gasteiger partial charge in [0, 0.05) is 18.5 Å². The van der Waals surface area contributed by atoms with Crippen molar-refractivity contribution in [3.05, 3.63) is 52.1 Å². The Morgan fingerprint density at radius 1 is 1.21 bits per heavy atom. The van der Waals surface area contributed by atoms with Crippen LogP contribution in [0.1, 0.15) is 30.1 Å². The average Bonchev–Trinajstić information content (AvgIpc) is 3.22. The Bertz CT molecular complexity index is 582. The summed E-state index contributed by atoms with van der Waals surface area (Å²) in [4.78, 5) is 8.88. The zero-order valence-corrected chi connectivity index (χ0v) is 11.8. The first kappa shape index (κ1) is 12.5. The molecule has 3 rings (SSSR count). The van der Waals surface area contributed by atoms with Crippen LogP contribution in [0.3, 0.4) is 0 Å². The molecule has 3 nitrogen and oxygen atoms in total. The lowest BCUT2D eigenvalue weighted by molar-refractivity contribution is 0.627. The average molecular weight is 322 g/mol. The van der Waals surface area contributed by atoms with Gasteiger partial charge < -0.3 is 5.32 Å². The minimum Gasteiger partial charge on any atom is -0.366 e. The van der Waals surface area contributed by atoms with Crippen molar-refractivity contribution in [3.8, 4) is 0 Å². The minimum absolute atomic E-state index is 0.218. The quantitative estimate of drug-likeness (QED) is 0.869. The Hall–Kier alpha value is -1.49. The number of aromatic nitrogens is 2. The lowest BCUT2D eigenvalue weighted by Crippen LogP contribution is -2.04. The highest BCUT2D eigenvalue weighted by molar-refractivity contribution is 9.10. The molecule has 19 heavy (non-hydrogen) atoms. The van der Waals surface area contributed by atoms with Crippen LogP contribution in [0, 0.1) is 5.82 Å². The van der Waals surface area contributed by atoms with E-state index in [0.29, 0.717) is 12.5 Å². The predicted molar refractivity (Wildman–Crippen MR) is 75.4 cm³/mol. The van der Waals surface area contributed by atoms with Crippen LogP contribution in [0.4, 0.5) is 10.2 Å². The van der Waals surface area contributed by atoms with Crippen molar-refractivity contribution in [2.24, 2.45) is 0 Å². The van der Waals surface area contributed by atoms with Gasteiger partial charge in [-0.15, -0.1) is 0 Å². The first-order chi connectivity index (χ1) is 9.20. The van der Waals surface area contributed by atoms with Gasteiger partial charge in [-0.1, -0.05) is 12.1 Å². The standard InChI is InChI=1S/C14H13BrFN3/c15-12-7-13(19-14(18-12)10-3-4-10)17-8-9-1-5-11(16)6-2-9/h1-2,5-7,10H,3-4,8H2,(H,17,18,19). The third kappa shape index (κ3) is 3.29. The maximum atomic E-state index is 12.8. The zero-order valence-electron chi connectivity index (χ0n) is 10.2. The second-order valence-corrected chi connectivity index (χ2v) is 5.50. The fourth-order valence-electron chi connectivity index (χ4n) is 1.84. The third-order valence-corrected chi connectivity index (χ3v) is 3.45. The molecule has 2 aromatic rings.